The number of benzene rings is 6. The minimum Gasteiger partial charge on any atom is -0.457 e. The Balaban J connectivity index is 0.000000414. The molecule has 0 atom stereocenters. The Morgan fingerprint density at radius 1 is 0.543 bits per heavy atom. The Kier molecular flexibility index (Phi) is 8.49. The van der Waals surface area contributed by atoms with Crippen molar-refractivity contribution in [3.63, 3.8) is 0 Å². The van der Waals surface area contributed by atoms with E-state index in [2.05, 4.69) is 115 Å². The van der Waals surface area contributed by atoms with Gasteiger partial charge >= 0.3 is 15.6 Å². The molecule has 0 amide bonds. The van der Waals surface area contributed by atoms with E-state index >= 15 is 0 Å². The number of para-hydroxylation sites is 1. The Morgan fingerprint density at radius 2 is 1.02 bits per heavy atom. The van der Waals surface area contributed by atoms with E-state index in [9.17, 15) is 13.2 Å². The average Bonchev–Trinajstić information content (AvgIpc) is 3.43. The summed E-state index contributed by atoms with van der Waals surface area (Å²) >= 11 is 0. The lowest BCUT2D eigenvalue weighted by Gasteiger charge is -2.21. The first-order valence-corrected chi connectivity index (χ1v) is 15.8. The van der Waals surface area contributed by atoms with Crippen LogP contribution < -0.4 is 4.74 Å². The fourth-order valence-corrected chi connectivity index (χ4v) is 5.66. The summed E-state index contributed by atoms with van der Waals surface area (Å²) < 4.78 is 63.6. The first-order valence-electron chi connectivity index (χ1n) is 14.4. The lowest BCUT2D eigenvalue weighted by Crippen LogP contribution is -2.21. The van der Waals surface area contributed by atoms with E-state index in [1.807, 2.05) is 30.3 Å². The van der Waals surface area contributed by atoms with Gasteiger partial charge in [-0.1, -0.05) is 115 Å². The van der Waals surface area contributed by atoms with Gasteiger partial charge in [-0.2, -0.15) is 21.6 Å². The van der Waals surface area contributed by atoms with E-state index in [4.69, 9.17) is 17.7 Å². The molecule has 0 spiro atoms. The van der Waals surface area contributed by atoms with Crippen LogP contribution in [-0.4, -0.2) is 18.5 Å². The van der Waals surface area contributed by atoms with Crippen molar-refractivity contribution < 1.29 is 30.9 Å². The Labute approximate surface area is 265 Å². The molecule has 0 radical (unpaired) electrons. The molecule has 0 bridgehead atoms. The molecule has 46 heavy (non-hydrogen) atoms. The zero-order valence-electron chi connectivity index (χ0n) is 24.3. The molecule has 6 aromatic rings. The molecule has 1 aliphatic rings. The molecular weight excluding hydrogens is 609 g/mol. The Bertz CT molecular complexity index is 2080. The predicted molar refractivity (Wildman–Crippen MR) is 175 cm³/mol. The summed E-state index contributed by atoms with van der Waals surface area (Å²) in [6.45, 7) is 0. The van der Waals surface area contributed by atoms with Gasteiger partial charge in [-0.3, -0.25) is 4.55 Å². The van der Waals surface area contributed by atoms with Crippen molar-refractivity contribution in [2.75, 3.05) is 0 Å². The zero-order valence-corrected chi connectivity index (χ0v) is 25.1. The summed E-state index contributed by atoms with van der Waals surface area (Å²) in [5.41, 5.74) is 7.42. The maximum atomic E-state index is 10.7. The number of alkyl halides is 3. The molecule has 0 heterocycles. The molecular formula is C38H27F3O4S. The highest BCUT2D eigenvalue weighted by Gasteiger charge is 2.44. The second-order valence-corrected chi connectivity index (χ2v) is 12.0. The van der Waals surface area contributed by atoms with Crippen molar-refractivity contribution in [2.24, 2.45) is 0 Å². The summed E-state index contributed by atoms with van der Waals surface area (Å²) in [6.07, 6.45) is 0.944. The molecule has 0 unspecified atom stereocenters. The largest absolute Gasteiger partial charge is 0.522 e. The van der Waals surface area contributed by atoms with Crippen LogP contribution >= 0.6 is 0 Å². The third-order valence-corrected chi connectivity index (χ3v) is 8.26. The van der Waals surface area contributed by atoms with E-state index in [1.165, 1.54) is 55.6 Å². The number of halogens is 3. The second-order valence-electron chi connectivity index (χ2n) is 10.6. The molecule has 0 fully saturated rings. The van der Waals surface area contributed by atoms with E-state index in [-0.39, 0.29) is 0 Å². The first kappa shape index (κ1) is 30.8. The van der Waals surface area contributed by atoms with Gasteiger partial charge in [0, 0.05) is 0 Å². The molecule has 0 aromatic heterocycles. The number of ether oxygens (including phenoxy) is 1. The quantitative estimate of drug-likeness (QED) is 0.151. The molecule has 4 nitrogen and oxygen atoms in total. The van der Waals surface area contributed by atoms with Crippen molar-refractivity contribution >= 4 is 10.1 Å². The molecule has 8 heteroatoms. The van der Waals surface area contributed by atoms with Gasteiger partial charge in [0.2, 0.25) is 0 Å². The SMILES string of the molecule is O=S(=O)(O)C(F)(F)F.c1ccc(Oc2ccc(-c3cc4c(c(-c5ccccc5)c3-c3ccccc3)Cc3ccccc3-4)cc2)cc1. The first-order chi connectivity index (χ1) is 22.1. The maximum absolute atomic E-state index is 10.7. The van der Waals surface area contributed by atoms with E-state index in [1.54, 1.807) is 0 Å². The molecule has 230 valence electrons. The summed E-state index contributed by atoms with van der Waals surface area (Å²) in [4.78, 5) is 0. The van der Waals surface area contributed by atoms with E-state index < -0.39 is 15.6 Å². The van der Waals surface area contributed by atoms with Crippen LogP contribution in [0.3, 0.4) is 0 Å². The highest BCUT2D eigenvalue weighted by Crippen LogP contribution is 2.50. The molecule has 1 aliphatic carbocycles. The Morgan fingerprint density at radius 3 is 1.59 bits per heavy atom. The van der Waals surface area contributed by atoms with Gasteiger partial charge in [-0.25, -0.2) is 0 Å². The van der Waals surface area contributed by atoms with Crippen molar-refractivity contribution in [1.82, 2.24) is 0 Å². The van der Waals surface area contributed by atoms with Gasteiger partial charge in [0.15, 0.2) is 0 Å². The molecule has 0 aliphatic heterocycles. The molecule has 0 saturated carbocycles. The van der Waals surface area contributed by atoms with Gasteiger partial charge in [0.25, 0.3) is 0 Å². The van der Waals surface area contributed by atoms with Crippen LogP contribution in [0.2, 0.25) is 0 Å². The highest BCUT2D eigenvalue weighted by molar-refractivity contribution is 7.86. The Hall–Kier alpha value is -5.18. The van der Waals surface area contributed by atoms with Crippen LogP contribution in [-0.2, 0) is 16.5 Å². The summed E-state index contributed by atoms with van der Waals surface area (Å²) in [5.74, 6) is 1.67. The van der Waals surface area contributed by atoms with Crippen molar-refractivity contribution in [2.45, 2.75) is 11.9 Å². The van der Waals surface area contributed by atoms with E-state index in [0.717, 1.165) is 17.9 Å². The minimum absolute atomic E-state index is 0.830. The van der Waals surface area contributed by atoms with Crippen LogP contribution in [0.5, 0.6) is 11.5 Å². The number of hydrogen-bond donors (Lipinski definition) is 1. The van der Waals surface area contributed by atoms with Crippen molar-refractivity contribution in [1.29, 1.82) is 0 Å². The van der Waals surface area contributed by atoms with Gasteiger partial charge < -0.3 is 4.74 Å². The maximum Gasteiger partial charge on any atom is 0.522 e. The summed E-state index contributed by atoms with van der Waals surface area (Å²) in [5, 5.41) is 0. The molecule has 6 aromatic carbocycles. The number of hydrogen-bond acceptors (Lipinski definition) is 3. The second kappa shape index (κ2) is 12.7. The van der Waals surface area contributed by atoms with Crippen molar-refractivity contribution in [3.8, 4) is 56.0 Å². The number of fused-ring (bicyclic) bond motifs is 3. The third kappa shape index (κ3) is 6.44. The standard InChI is InChI=1S/C37H26O.CHF3O3S/c1-4-12-27(13-5-1)36-33(26-20-22-31(23-21-26)38-30-17-8-3-9-18-30)25-34-32-19-11-10-16-29(32)24-35(34)37(36)28-14-6-2-7-15-28;2-1(3,4)8(5,6)7/h1-23,25H,24H2;(H,5,6,7). The predicted octanol–water partition coefficient (Wildman–Crippen LogP) is 10.4. The average molecular weight is 637 g/mol. The van der Waals surface area contributed by atoms with Crippen LogP contribution in [0.25, 0.3) is 44.5 Å². The fourth-order valence-electron chi connectivity index (χ4n) is 5.66. The smallest absolute Gasteiger partial charge is 0.457 e. The molecule has 1 N–H and O–H groups in total. The van der Waals surface area contributed by atoms with Gasteiger partial charge in [-0.15, -0.1) is 0 Å². The lowest BCUT2D eigenvalue weighted by atomic mass is 9.82. The monoisotopic (exact) mass is 636 g/mol. The number of rotatable bonds is 5. The zero-order chi connectivity index (χ0) is 32.3. The van der Waals surface area contributed by atoms with Crippen molar-refractivity contribution in [3.05, 3.63) is 157 Å². The molecule has 7 rings (SSSR count). The minimum atomic E-state index is -5.84. The van der Waals surface area contributed by atoms with Crippen LogP contribution in [0.1, 0.15) is 11.1 Å². The van der Waals surface area contributed by atoms with E-state index in [0.29, 0.717) is 0 Å². The highest BCUT2D eigenvalue weighted by atomic mass is 32.2. The van der Waals surface area contributed by atoms with Crippen LogP contribution in [0.4, 0.5) is 13.2 Å². The summed E-state index contributed by atoms with van der Waals surface area (Å²) in [7, 11) is -5.84. The van der Waals surface area contributed by atoms with Gasteiger partial charge in [-0.05, 0) is 92.4 Å². The third-order valence-electron chi connectivity index (χ3n) is 7.67. The topological polar surface area (TPSA) is 63.6 Å². The van der Waals surface area contributed by atoms with Crippen LogP contribution in [0.15, 0.2) is 146 Å². The molecule has 0 saturated heterocycles. The summed E-state index contributed by atoms with van der Waals surface area (Å²) in [6, 6.07) is 51.3. The van der Waals surface area contributed by atoms with Crippen LogP contribution in [0, 0.1) is 0 Å². The van der Waals surface area contributed by atoms with Gasteiger partial charge in [0.1, 0.15) is 11.5 Å². The lowest BCUT2D eigenvalue weighted by molar-refractivity contribution is -0.0510. The normalized spacial score (nSPS) is 12.0. The van der Waals surface area contributed by atoms with Gasteiger partial charge in [0.05, 0.1) is 0 Å². The fraction of sp³-hybridized carbons (Fsp3) is 0.0526.